The molecule has 7 heteroatoms. The summed E-state index contributed by atoms with van der Waals surface area (Å²) in [5.41, 5.74) is 0.918. The molecule has 1 aromatic heterocycles. The van der Waals surface area contributed by atoms with Crippen LogP contribution in [0.2, 0.25) is 0 Å². The highest BCUT2D eigenvalue weighted by molar-refractivity contribution is 7.90. The first-order valence-electron chi connectivity index (χ1n) is 4.33. The molecule has 1 heterocycles. The Kier molecular flexibility index (Phi) is 3.48. The second-order valence-corrected chi connectivity index (χ2v) is 4.46. The lowest BCUT2D eigenvalue weighted by atomic mass is 10.2. The van der Waals surface area contributed by atoms with Crippen molar-refractivity contribution in [2.75, 3.05) is 11.8 Å². The molecule has 0 radical (unpaired) electrons. The Bertz CT molecular complexity index is 384. The van der Waals surface area contributed by atoms with E-state index in [-0.39, 0.29) is 0 Å². The van der Waals surface area contributed by atoms with E-state index in [1.54, 1.807) is 6.07 Å². The minimum absolute atomic E-state index is 0.308. The number of H-pyrrole nitrogens is 1. The van der Waals surface area contributed by atoms with Gasteiger partial charge in [-0.25, -0.2) is 4.72 Å². The normalized spacial score (nSPS) is 11.6. The maximum atomic E-state index is 11.1. The van der Waals surface area contributed by atoms with Gasteiger partial charge in [0.15, 0.2) is 5.82 Å². The van der Waals surface area contributed by atoms with Crippen molar-refractivity contribution in [3.05, 3.63) is 11.8 Å². The first-order valence-corrected chi connectivity index (χ1v) is 5.81. The van der Waals surface area contributed by atoms with Gasteiger partial charge in [0.1, 0.15) is 0 Å². The lowest BCUT2D eigenvalue weighted by molar-refractivity contribution is 0.593. The number of hydrogen-bond acceptors (Lipinski definition) is 3. The Hall–Kier alpha value is -1.08. The largest absolute Gasteiger partial charge is 0.300 e. The minimum atomic E-state index is -3.46. The van der Waals surface area contributed by atoms with Crippen LogP contribution in [0.25, 0.3) is 0 Å². The van der Waals surface area contributed by atoms with E-state index in [0.717, 1.165) is 18.5 Å². The van der Waals surface area contributed by atoms with E-state index in [4.69, 9.17) is 0 Å². The SMILES string of the molecule is CCCc1cc(NS(=O)(=O)NC)n[nH]1. The quantitative estimate of drug-likeness (QED) is 0.661. The first-order chi connectivity index (χ1) is 6.57. The summed E-state index contributed by atoms with van der Waals surface area (Å²) in [6.07, 6.45) is 1.84. The number of hydrogen-bond donors (Lipinski definition) is 3. The maximum absolute atomic E-state index is 11.1. The predicted octanol–water partition coefficient (Wildman–Crippen LogP) is 0.238. The van der Waals surface area contributed by atoms with Crippen molar-refractivity contribution < 1.29 is 8.42 Å². The molecule has 0 bridgehead atoms. The van der Waals surface area contributed by atoms with Gasteiger partial charge in [-0.3, -0.25) is 9.82 Å². The van der Waals surface area contributed by atoms with E-state index in [9.17, 15) is 8.42 Å². The third-order valence-electron chi connectivity index (χ3n) is 1.66. The van der Waals surface area contributed by atoms with Crippen LogP contribution in [0.3, 0.4) is 0 Å². The van der Waals surface area contributed by atoms with Crippen molar-refractivity contribution in [2.24, 2.45) is 0 Å². The molecule has 0 aliphatic heterocycles. The van der Waals surface area contributed by atoms with Crippen molar-refractivity contribution >= 4 is 16.0 Å². The number of aryl methyl sites for hydroxylation is 1. The average molecular weight is 218 g/mol. The van der Waals surface area contributed by atoms with Crippen molar-refractivity contribution in [1.82, 2.24) is 14.9 Å². The molecule has 0 aliphatic carbocycles. The molecule has 0 spiro atoms. The van der Waals surface area contributed by atoms with Crippen LogP contribution in [0.5, 0.6) is 0 Å². The fraction of sp³-hybridized carbons (Fsp3) is 0.571. The number of anilines is 1. The molecule has 0 atom stereocenters. The number of nitrogens with one attached hydrogen (secondary N) is 3. The van der Waals surface area contributed by atoms with Gasteiger partial charge in [0.05, 0.1) is 0 Å². The topological polar surface area (TPSA) is 86.9 Å². The summed E-state index contributed by atoms with van der Waals surface area (Å²) in [5, 5.41) is 6.56. The smallest absolute Gasteiger partial charge is 0.280 e. The zero-order valence-corrected chi connectivity index (χ0v) is 8.98. The second-order valence-electron chi connectivity index (χ2n) is 2.84. The molecule has 0 fully saturated rings. The molecule has 0 amide bonds. The molecular weight excluding hydrogens is 204 g/mol. The van der Waals surface area contributed by atoms with Crippen molar-refractivity contribution in [2.45, 2.75) is 19.8 Å². The van der Waals surface area contributed by atoms with Crippen LogP contribution in [0.15, 0.2) is 6.07 Å². The summed E-state index contributed by atoms with van der Waals surface area (Å²) < 4.78 is 26.5. The highest BCUT2D eigenvalue weighted by atomic mass is 32.2. The number of aromatic nitrogens is 2. The summed E-state index contributed by atoms with van der Waals surface area (Å²) in [7, 11) is -2.12. The molecule has 1 aromatic rings. The van der Waals surface area contributed by atoms with Crippen molar-refractivity contribution in [3.8, 4) is 0 Å². The average Bonchev–Trinajstić information content (AvgIpc) is 2.53. The highest BCUT2D eigenvalue weighted by Gasteiger charge is 2.08. The maximum Gasteiger partial charge on any atom is 0.300 e. The van der Waals surface area contributed by atoms with Crippen LogP contribution in [0.1, 0.15) is 19.0 Å². The summed E-state index contributed by atoms with van der Waals surface area (Å²) in [4.78, 5) is 0. The van der Waals surface area contributed by atoms with E-state index < -0.39 is 10.2 Å². The zero-order chi connectivity index (χ0) is 10.6. The van der Waals surface area contributed by atoms with Crippen molar-refractivity contribution in [3.63, 3.8) is 0 Å². The fourth-order valence-corrected chi connectivity index (χ4v) is 1.48. The van der Waals surface area contributed by atoms with Gasteiger partial charge in [-0.2, -0.15) is 13.5 Å². The van der Waals surface area contributed by atoms with Crippen LogP contribution in [-0.2, 0) is 16.6 Å². The number of rotatable bonds is 5. The molecule has 6 nitrogen and oxygen atoms in total. The lowest BCUT2D eigenvalue weighted by Gasteiger charge is -2.00. The summed E-state index contributed by atoms with van der Waals surface area (Å²) in [6, 6.07) is 1.68. The third kappa shape index (κ3) is 3.00. The van der Waals surface area contributed by atoms with E-state index in [1.165, 1.54) is 7.05 Å². The number of nitrogens with zero attached hydrogens (tertiary/aromatic N) is 1. The van der Waals surface area contributed by atoms with Crippen molar-refractivity contribution in [1.29, 1.82) is 0 Å². The van der Waals surface area contributed by atoms with Gasteiger partial charge in [0.2, 0.25) is 0 Å². The third-order valence-corrected chi connectivity index (χ3v) is 2.67. The van der Waals surface area contributed by atoms with Crippen LogP contribution in [0.4, 0.5) is 5.82 Å². The molecule has 80 valence electrons. The molecule has 0 aliphatic rings. The highest BCUT2D eigenvalue weighted by Crippen LogP contribution is 2.07. The summed E-state index contributed by atoms with van der Waals surface area (Å²) >= 11 is 0. The molecule has 0 unspecified atom stereocenters. The van der Waals surface area contributed by atoms with Gasteiger partial charge in [-0.1, -0.05) is 13.3 Å². The molecule has 0 aromatic carbocycles. The number of aromatic amines is 1. The molecule has 0 saturated heterocycles. The zero-order valence-electron chi connectivity index (χ0n) is 8.16. The van der Waals surface area contributed by atoms with Crippen LogP contribution >= 0.6 is 0 Å². The monoisotopic (exact) mass is 218 g/mol. The van der Waals surface area contributed by atoms with E-state index in [2.05, 4.69) is 19.6 Å². The lowest BCUT2D eigenvalue weighted by Crippen LogP contribution is -2.26. The van der Waals surface area contributed by atoms with Gasteiger partial charge in [-0.05, 0) is 6.42 Å². The molecule has 3 N–H and O–H groups in total. The first kappa shape index (κ1) is 11.0. The summed E-state index contributed by atoms with van der Waals surface area (Å²) in [6.45, 7) is 2.04. The molecular formula is C7H14N4O2S. The Morgan fingerprint density at radius 3 is 2.86 bits per heavy atom. The Morgan fingerprint density at radius 1 is 1.57 bits per heavy atom. The molecule has 1 rings (SSSR count). The fourth-order valence-electron chi connectivity index (χ4n) is 1.00. The Labute approximate surface area is 83.3 Å². The van der Waals surface area contributed by atoms with Gasteiger partial charge in [0, 0.05) is 18.8 Å². The molecule has 14 heavy (non-hydrogen) atoms. The van der Waals surface area contributed by atoms with Crippen LogP contribution in [-0.4, -0.2) is 25.7 Å². The summed E-state index contributed by atoms with van der Waals surface area (Å²) in [5.74, 6) is 0.308. The predicted molar refractivity (Wildman–Crippen MR) is 54.2 cm³/mol. The van der Waals surface area contributed by atoms with E-state index in [0.29, 0.717) is 5.82 Å². The van der Waals surface area contributed by atoms with Gasteiger partial charge < -0.3 is 0 Å². The van der Waals surface area contributed by atoms with Gasteiger partial charge >= 0.3 is 0 Å². The van der Waals surface area contributed by atoms with Gasteiger partial charge in [-0.15, -0.1) is 0 Å². The Balaban J connectivity index is 2.69. The van der Waals surface area contributed by atoms with E-state index >= 15 is 0 Å². The minimum Gasteiger partial charge on any atom is -0.280 e. The van der Waals surface area contributed by atoms with Gasteiger partial charge in [0.25, 0.3) is 10.2 Å². The van der Waals surface area contributed by atoms with Crippen LogP contribution in [0, 0.1) is 0 Å². The standard InChI is InChI=1S/C7H14N4O2S/c1-3-4-6-5-7(10-9-6)11-14(12,13)8-2/h5,8H,3-4H2,1-2H3,(H2,9,10,11). The Morgan fingerprint density at radius 2 is 2.29 bits per heavy atom. The molecule has 0 saturated carbocycles. The second kappa shape index (κ2) is 4.43. The van der Waals surface area contributed by atoms with E-state index in [1.807, 2.05) is 6.92 Å². The van der Waals surface area contributed by atoms with Crippen LogP contribution < -0.4 is 9.44 Å².